The van der Waals surface area contributed by atoms with E-state index in [0.29, 0.717) is 39.3 Å². The number of carbonyl (C=O) groups is 2. The molecule has 1 atom stereocenters. The molecular formula is C19H24N2O5. The number of phenolic OH excluding ortho intramolecular Hbond substituents is 1. The summed E-state index contributed by atoms with van der Waals surface area (Å²) in [5.41, 5.74) is 0.241. The van der Waals surface area contributed by atoms with Gasteiger partial charge >= 0.3 is 0 Å². The quantitative estimate of drug-likeness (QED) is 0.862. The number of benzene rings is 1. The highest BCUT2D eigenvalue weighted by atomic mass is 16.7. The zero-order valence-corrected chi connectivity index (χ0v) is 14.7. The molecule has 3 aliphatic rings. The highest BCUT2D eigenvalue weighted by Crippen LogP contribution is 2.32. The van der Waals surface area contributed by atoms with E-state index in [0.717, 1.165) is 19.3 Å². The molecule has 3 fully saturated rings. The van der Waals surface area contributed by atoms with Crippen molar-refractivity contribution < 1.29 is 24.2 Å². The van der Waals surface area contributed by atoms with Gasteiger partial charge in [0.15, 0.2) is 5.79 Å². The molecule has 0 saturated carbocycles. The predicted molar refractivity (Wildman–Crippen MR) is 92.6 cm³/mol. The van der Waals surface area contributed by atoms with E-state index in [9.17, 15) is 14.7 Å². The monoisotopic (exact) mass is 360 g/mol. The maximum absolute atomic E-state index is 13.1. The lowest BCUT2D eigenvalue weighted by atomic mass is 10.0. The largest absolute Gasteiger partial charge is 0.507 e. The minimum Gasteiger partial charge on any atom is -0.507 e. The van der Waals surface area contributed by atoms with Crippen molar-refractivity contribution in [1.82, 2.24) is 9.80 Å². The van der Waals surface area contributed by atoms with Gasteiger partial charge in [-0.3, -0.25) is 9.59 Å². The number of hydrogen-bond donors (Lipinski definition) is 1. The van der Waals surface area contributed by atoms with Crippen LogP contribution in [0.3, 0.4) is 0 Å². The van der Waals surface area contributed by atoms with Crippen molar-refractivity contribution in [2.24, 2.45) is 0 Å². The molecule has 3 heterocycles. The van der Waals surface area contributed by atoms with Crippen molar-refractivity contribution in [3.63, 3.8) is 0 Å². The van der Waals surface area contributed by atoms with Crippen molar-refractivity contribution in [3.05, 3.63) is 29.8 Å². The number of phenols is 1. The highest BCUT2D eigenvalue weighted by Gasteiger charge is 2.45. The second kappa shape index (κ2) is 6.89. The van der Waals surface area contributed by atoms with E-state index < -0.39 is 11.8 Å². The lowest BCUT2D eigenvalue weighted by Crippen LogP contribution is -2.55. The molecule has 0 aromatic heterocycles. The van der Waals surface area contributed by atoms with Gasteiger partial charge in [-0.1, -0.05) is 12.1 Å². The Morgan fingerprint density at radius 3 is 2.65 bits per heavy atom. The van der Waals surface area contributed by atoms with E-state index in [2.05, 4.69) is 0 Å². The Kier molecular flexibility index (Phi) is 4.58. The van der Waals surface area contributed by atoms with Crippen LogP contribution in [0.5, 0.6) is 5.75 Å². The summed E-state index contributed by atoms with van der Waals surface area (Å²) in [4.78, 5) is 29.4. The molecule has 1 aromatic carbocycles. The van der Waals surface area contributed by atoms with Gasteiger partial charge < -0.3 is 24.4 Å². The Morgan fingerprint density at radius 1 is 1.12 bits per heavy atom. The zero-order chi connectivity index (χ0) is 18.1. The molecule has 7 nitrogen and oxygen atoms in total. The van der Waals surface area contributed by atoms with Gasteiger partial charge in [-0.2, -0.15) is 0 Å². The molecule has 0 aliphatic carbocycles. The first-order valence-electron chi connectivity index (χ1n) is 9.25. The molecule has 0 unspecified atom stereocenters. The summed E-state index contributed by atoms with van der Waals surface area (Å²) in [6, 6.07) is 5.98. The molecule has 26 heavy (non-hydrogen) atoms. The number of rotatable bonds is 2. The third-order valence-corrected chi connectivity index (χ3v) is 5.48. The van der Waals surface area contributed by atoms with Crippen molar-refractivity contribution in [1.29, 1.82) is 0 Å². The van der Waals surface area contributed by atoms with Gasteiger partial charge in [0.25, 0.3) is 5.91 Å². The molecule has 4 rings (SSSR count). The zero-order valence-electron chi connectivity index (χ0n) is 14.7. The number of ether oxygens (including phenoxy) is 2. The molecule has 3 saturated heterocycles. The Morgan fingerprint density at radius 2 is 1.88 bits per heavy atom. The first-order chi connectivity index (χ1) is 12.6. The van der Waals surface area contributed by atoms with Crippen molar-refractivity contribution >= 4 is 11.8 Å². The normalized spacial score (nSPS) is 25.0. The van der Waals surface area contributed by atoms with Crippen LogP contribution in [0.2, 0.25) is 0 Å². The van der Waals surface area contributed by atoms with Gasteiger partial charge in [0.05, 0.1) is 25.3 Å². The minimum absolute atomic E-state index is 0.0514. The van der Waals surface area contributed by atoms with Crippen LogP contribution < -0.4 is 0 Å². The summed E-state index contributed by atoms with van der Waals surface area (Å²) in [7, 11) is 0. The summed E-state index contributed by atoms with van der Waals surface area (Å²) in [5.74, 6) is -1.07. The van der Waals surface area contributed by atoms with Crippen LogP contribution in [-0.2, 0) is 14.3 Å². The van der Waals surface area contributed by atoms with Gasteiger partial charge in [0.2, 0.25) is 5.91 Å². The highest BCUT2D eigenvalue weighted by molar-refractivity contribution is 5.99. The number of likely N-dealkylation sites (tertiary alicyclic amines) is 2. The van der Waals surface area contributed by atoms with E-state index in [4.69, 9.17) is 9.47 Å². The molecule has 140 valence electrons. The number of carbonyl (C=O) groups excluding carboxylic acids is 2. The van der Waals surface area contributed by atoms with Crippen molar-refractivity contribution in [3.8, 4) is 5.75 Å². The summed E-state index contributed by atoms with van der Waals surface area (Å²) < 4.78 is 11.5. The fourth-order valence-electron chi connectivity index (χ4n) is 4.20. The van der Waals surface area contributed by atoms with Crippen LogP contribution in [0.4, 0.5) is 0 Å². The molecular weight excluding hydrogens is 336 g/mol. The van der Waals surface area contributed by atoms with Crippen LogP contribution in [0.25, 0.3) is 0 Å². The standard InChI is InChI=1S/C19H24N2O5/c22-16-7-2-1-5-14(16)17(23)21-10-3-6-15(21)18(24)20-9-4-8-19(13-20)25-11-12-26-19/h1-2,5,7,15,22H,3-4,6,8-13H2/t15-/m0/s1. The second-order valence-electron chi connectivity index (χ2n) is 7.14. The van der Waals surface area contributed by atoms with Crippen LogP contribution in [-0.4, -0.2) is 71.4 Å². The number of aromatic hydroxyl groups is 1. The first-order valence-corrected chi connectivity index (χ1v) is 9.25. The lowest BCUT2D eigenvalue weighted by Gasteiger charge is -2.40. The van der Waals surface area contributed by atoms with Crippen LogP contribution in [0.1, 0.15) is 36.0 Å². The van der Waals surface area contributed by atoms with E-state index in [1.165, 1.54) is 6.07 Å². The van der Waals surface area contributed by atoms with E-state index in [1.54, 1.807) is 28.0 Å². The van der Waals surface area contributed by atoms with E-state index >= 15 is 0 Å². The van der Waals surface area contributed by atoms with Crippen LogP contribution in [0, 0.1) is 0 Å². The molecule has 0 radical (unpaired) electrons. The third kappa shape index (κ3) is 3.05. The minimum atomic E-state index is -0.668. The first kappa shape index (κ1) is 17.3. The van der Waals surface area contributed by atoms with Gasteiger partial charge in [-0.25, -0.2) is 0 Å². The number of nitrogens with zero attached hydrogens (tertiary/aromatic N) is 2. The third-order valence-electron chi connectivity index (χ3n) is 5.48. The van der Waals surface area contributed by atoms with Crippen LogP contribution >= 0.6 is 0 Å². The number of para-hydroxylation sites is 1. The van der Waals surface area contributed by atoms with Crippen molar-refractivity contribution in [2.45, 2.75) is 37.5 Å². The van der Waals surface area contributed by atoms with Gasteiger partial charge in [0, 0.05) is 19.5 Å². The van der Waals surface area contributed by atoms with Gasteiger partial charge in [-0.05, 0) is 31.4 Å². The fraction of sp³-hybridized carbons (Fsp3) is 0.579. The molecule has 1 N–H and O–H groups in total. The maximum atomic E-state index is 13.1. The summed E-state index contributed by atoms with van der Waals surface area (Å²) in [5, 5.41) is 9.98. The number of hydrogen-bond acceptors (Lipinski definition) is 5. The summed E-state index contributed by atoms with van der Waals surface area (Å²) in [6.07, 6.45) is 3.04. The lowest BCUT2D eigenvalue weighted by molar-refractivity contribution is -0.194. The number of piperidine rings is 1. The Bertz CT molecular complexity index is 701. The molecule has 7 heteroatoms. The summed E-state index contributed by atoms with van der Waals surface area (Å²) >= 11 is 0. The molecule has 1 aromatic rings. The Hall–Kier alpha value is -2.12. The number of amides is 2. The maximum Gasteiger partial charge on any atom is 0.258 e. The Balaban J connectivity index is 1.50. The van der Waals surface area contributed by atoms with Crippen molar-refractivity contribution in [2.75, 3.05) is 32.8 Å². The molecule has 3 aliphatic heterocycles. The van der Waals surface area contributed by atoms with Gasteiger partial charge in [0.1, 0.15) is 11.8 Å². The van der Waals surface area contributed by atoms with E-state index in [-0.39, 0.29) is 23.1 Å². The van der Waals surface area contributed by atoms with Crippen LogP contribution in [0.15, 0.2) is 24.3 Å². The smallest absolute Gasteiger partial charge is 0.258 e. The SMILES string of the molecule is O=C([C@@H]1CCCN1C(=O)c1ccccc1O)N1CCCC2(C1)OCCO2. The summed E-state index contributed by atoms with van der Waals surface area (Å²) in [6.45, 7) is 2.71. The average molecular weight is 360 g/mol. The molecule has 2 amide bonds. The molecule has 1 spiro atoms. The molecule has 0 bridgehead atoms. The fourth-order valence-corrected chi connectivity index (χ4v) is 4.20. The van der Waals surface area contributed by atoms with Gasteiger partial charge in [-0.15, -0.1) is 0 Å². The predicted octanol–water partition coefficient (Wildman–Crippen LogP) is 1.36. The second-order valence-corrected chi connectivity index (χ2v) is 7.14. The Labute approximate surface area is 152 Å². The average Bonchev–Trinajstić information content (AvgIpc) is 3.31. The van der Waals surface area contributed by atoms with E-state index in [1.807, 2.05) is 0 Å². The topological polar surface area (TPSA) is 79.3 Å².